The van der Waals surface area contributed by atoms with Crippen molar-refractivity contribution in [1.29, 1.82) is 0 Å². The summed E-state index contributed by atoms with van der Waals surface area (Å²) < 4.78 is 10.5. The first-order valence-corrected chi connectivity index (χ1v) is 8.70. The fourth-order valence-corrected chi connectivity index (χ4v) is 3.24. The fourth-order valence-electron chi connectivity index (χ4n) is 3.24. The van der Waals surface area contributed by atoms with E-state index >= 15 is 0 Å². The lowest BCUT2D eigenvalue weighted by Gasteiger charge is -2.13. The molecule has 7 heteroatoms. The predicted molar refractivity (Wildman–Crippen MR) is 93.6 cm³/mol. The Morgan fingerprint density at radius 3 is 2.88 bits per heavy atom. The summed E-state index contributed by atoms with van der Waals surface area (Å²) in [6.07, 6.45) is 3.02. The van der Waals surface area contributed by atoms with Gasteiger partial charge in [0, 0.05) is 11.5 Å². The third-order valence-electron chi connectivity index (χ3n) is 4.67. The van der Waals surface area contributed by atoms with Gasteiger partial charge >= 0.3 is 0 Å². The van der Waals surface area contributed by atoms with Crippen LogP contribution in [0.4, 0.5) is 0 Å². The second kappa shape index (κ2) is 6.40. The Labute approximate surface area is 150 Å². The van der Waals surface area contributed by atoms with Crippen LogP contribution in [0.2, 0.25) is 0 Å². The van der Waals surface area contributed by atoms with Gasteiger partial charge in [-0.3, -0.25) is 4.79 Å². The number of carbonyl (C=O) groups is 1. The van der Waals surface area contributed by atoms with E-state index in [2.05, 4.69) is 26.5 Å². The second-order valence-electron chi connectivity index (χ2n) is 6.86. The highest BCUT2D eigenvalue weighted by atomic mass is 16.5. The van der Waals surface area contributed by atoms with Gasteiger partial charge in [0.25, 0.3) is 5.91 Å². The van der Waals surface area contributed by atoms with E-state index in [4.69, 9.17) is 8.94 Å². The normalized spacial score (nSPS) is 16.1. The number of rotatable bonds is 4. The lowest BCUT2D eigenvalue weighted by Crippen LogP contribution is -2.27. The van der Waals surface area contributed by atoms with Crippen molar-refractivity contribution in [3.05, 3.63) is 53.1 Å². The molecule has 0 spiro atoms. The van der Waals surface area contributed by atoms with Gasteiger partial charge in [-0.2, -0.15) is 4.98 Å². The highest BCUT2D eigenvalue weighted by Gasteiger charge is 2.27. The molecule has 0 aliphatic heterocycles. The predicted octanol–water partition coefficient (Wildman–Crippen LogP) is 3.57. The summed E-state index contributed by atoms with van der Waals surface area (Å²) in [5.41, 5.74) is 3.83. The zero-order valence-electron chi connectivity index (χ0n) is 14.9. The van der Waals surface area contributed by atoms with E-state index in [1.807, 2.05) is 26.0 Å². The SMILES string of the molecule is Cc1ncoc1C(=O)NC1CCc2cc(-c3noc(C(C)C)n3)ccc21. The molecular formula is C19H20N4O3. The van der Waals surface area contributed by atoms with Crippen LogP contribution in [0, 0.1) is 6.92 Å². The number of nitrogens with one attached hydrogen (secondary N) is 1. The van der Waals surface area contributed by atoms with Crippen LogP contribution < -0.4 is 5.32 Å². The van der Waals surface area contributed by atoms with Gasteiger partial charge in [-0.1, -0.05) is 31.1 Å². The minimum atomic E-state index is -0.235. The molecule has 0 saturated carbocycles. The number of amides is 1. The first kappa shape index (κ1) is 16.5. The molecule has 26 heavy (non-hydrogen) atoms. The van der Waals surface area contributed by atoms with Crippen molar-refractivity contribution in [3.63, 3.8) is 0 Å². The highest BCUT2D eigenvalue weighted by molar-refractivity contribution is 5.92. The Morgan fingerprint density at radius 2 is 2.19 bits per heavy atom. The molecule has 0 fully saturated rings. The van der Waals surface area contributed by atoms with Crippen LogP contribution in [-0.2, 0) is 6.42 Å². The molecule has 134 valence electrons. The van der Waals surface area contributed by atoms with Crippen molar-refractivity contribution in [1.82, 2.24) is 20.4 Å². The number of benzene rings is 1. The molecule has 7 nitrogen and oxygen atoms in total. The zero-order chi connectivity index (χ0) is 18.3. The van der Waals surface area contributed by atoms with Gasteiger partial charge in [0.05, 0.1) is 11.7 Å². The van der Waals surface area contributed by atoms with E-state index < -0.39 is 0 Å². The average molecular weight is 352 g/mol. The quantitative estimate of drug-likeness (QED) is 0.771. The molecule has 1 N–H and O–H groups in total. The molecule has 2 aromatic heterocycles. The van der Waals surface area contributed by atoms with Gasteiger partial charge in [-0.15, -0.1) is 0 Å². The van der Waals surface area contributed by atoms with Crippen LogP contribution in [0.25, 0.3) is 11.4 Å². The molecule has 1 atom stereocenters. The molecule has 1 aliphatic rings. The number of hydrogen-bond donors (Lipinski definition) is 1. The molecular weight excluding hydrogens is 332 g/mol. The van der Waals surface area contributed by atoms with Gasteiger partial charge in [-0.25, -0.2) is 4.98 Å². The van der Waals surface area contributed by atoms with Crippen molar-refractivity contribution < 1.29 is 13.7 Å². The standard InChI is InChI=1S/C19H20N4O3/c1-10(2)19-22-17(23-26-19)13-4-6-14-12(8-13)5-7-15(14)21-18(24)16-11(3)20-9-25-16/h4,6,8-10,15H,5,7H2,1-3H3,(H,21,24). The summed E-state index contributed by atoms with van der Waals surface area (Å²) >= 11 is 0. The Balaban J connectivity index is 1.54. The van der Waals surface area contributed by atoms with Gasteiger partial charge < -0.3 is 14.3 Å². The van der Waals surface area contributed by atoms with E-state index in [1.54, 1.807) is 6.92 Å². The molecule has 1 amide bonds. The van der Waals surface area contributed by atoms with Crippen molar-refractivity contribution in [3.8, 4) is 11.4 Å². The van der Waals surface area contributed by atoms with Gasteiger partial charge in [0.15, 0.2) is 6.39 Å². The zero-order valence-corrected chi connectivity index (χ0v) is 14.9. The molecule has 2 heterocycles. The number of nitrogens with zero attached hydrogens (tertiary/aromatic N) is 3. The number of oxazole rings is 1. The molecule has 0 radical (unpaired) electrons. The monoisotopic (exact) mass is 352 g/mol. The number of aromatic nitrogens is 3. The molecule has 0 saturated heterocycles. The van der Waals surface area contributed by atoms with Crippen LogP contribution in [0.1, 0.15) is 65.5 Å². The van der Waals surface area contributed by atoms with Gasteiger partial charge in [-0.05, 0) is 37.0 Å². The van der Waals surface area contributed by atoms with Crippen LogP contribution in [0.5, 0.6) is 0 Å². The maximum atomic E-state index is 12.4. The van der Waals surface area contributed by atoms with Gasteiger partial charge in [0.2, 0.25) is 17.5 Å². The topological polar surface area (TPSA) is 94.1 Å². The second-order valence-corrected chi connectivity index (χ2v) is 6.86. The number of carbonyl (C=O) groups excluding carboxylic acids is 1. The summed E-state index contributed by atoms with van der Waals surface area (Å²) in [6.45, 7) is 5.79. The third-order valence-corrected chi connectivity index (χ3v) is 4.67. The first-order valence-electron chi connectivity index (χ1n) is 8.70. The molecule has 3 aromatic rings. The molecule has 4 rings (SSSR count). The Bertz CT molecular complexity index is 957. The summed E-state index contributed by atoms with van der Waals surface area (Å²) in [4.78, 5) is 20.8. The largest absolute Gasteiger partial charge is 0.438 e. The van der Waals surface area contributed by atoms with Crippen LogP contribution >= 0.6 is 0 Å². The van der Waals surface area contributed by atoms with Crippen LogP contribution in [0.15, 0.2) is 33.5 Å². The summed E-state index contributed by atoms with van der Waals surface area (Å²) in [6, 6.07) is 6.04. The third kappa shape index (κ3) is 2.89. The van der Waals surface area contributed by atoms with Crippen LogP contribution in [0.3, 0.4) is 0 Å². The first-order chi connectivity index (χ1) is 12.5. The molecule has 0 bridgehead atoms. The Kier molecular flexibility index (Phi) is 4.06. The molecule has 1 aliphatic carbocycles. The number of fused-ring (bicyclic) bond motifs is 1. The van der Waals surface area contributed by atoms with Crippen LogP contribution in [-0.4, -0.2) is 21.0 Å². The molecule has 1 unspecified atom stereocenters. The van der Waals surface area contributed by atoms with Gasteiger partial charge in [0.1, 0.15) is 0 Å². The number of hydrogen-bond acceptors (Lipinski definition) is 6. The van der Waals surface area contributed by atoms with E-state index in [1.165, 1.54) is 12.0 Å². The Morgan fingerprint density at radius 1 is 1.35 bits per heavy atom. The maximum Gasteiger partial charge on any atom is 0.289 e. The summed E-state index contributed by atoms with van der Waals surface area (Å²) in [5.74, 6) is 1.46. The smallest absolute Gasteiger partial charge is 0.289 e. The van der Waals surface area contributed by atoms with Crippen molar-refractivity contribution in [2.24, 2.45) is 0 Å². The number of aryl methyl sites for hydroxylation is 2. The summed E-state index contributed by atoms with van der Waals surface area (Å²) in [7, 11) is 0. The van der Waals surface area contributed by atoms with Crippen molar-refractivity contribution in [2.45, 2.75) is 45.6 Å². The average Bonchev–Trinajstić information content (AvgIpc) is 3.34. The van der Waals surface area contributed by atoms with E-state index in [9.17, 15) is 4.79 Å². The Hall–Kier alpha value is -2.96. The lowest BCUT2D eigenvalue weighted by molar-refractivity contribution is 0.0908. The van der Waals surface area contributed by atoms with E-state index in [0.29, 0.717) is 17.4 Å². The van der Waals surface area contributed by atoms with Crippen molar-refractivity contribution >= 4 is 5.91 Å². The van der Waals surface area contributed by atoms with E-state index in [-0.39, 0.29) is 23.6 Å². The minimum Gasteiger partial charge on any atom is -0.438 e. The highest BCUT2D eigenvalue weighted by Crippen LogP contribution is 2.34. The van der Waals surface area contributed by atoms with E-state index in [0.717, 1.165) is 24.0 Å². The lowest BCUT2D eigenvalue weighted by atomic mass is 10.0. The fraction of sp³-hybridized carbons (Fsp3) is 0.368. The minimum absolute atomic E-state index is 0.0347. The summed E-state index contributed by atoms with van der Waals surface area (Å²) in [5, 5.41) is 7.10. The maximum absolute atomic E-state index is 12.4. The van der Waals surface area contributed by atoms with Crippen molar-refractivity contribution in [2.75, 3.05) is 0 Å². The molecule has 1 aromatic carbocycles.